The van der Waals surface area contributed by atoms with Gasteiger partial charge in [-0.2, -0.15) is 0 Å². The number of rotatable bonds is 2. The molecular formula is C12H9Cl2NO. The number of halogens is 2. The third kappa shape index (κ3) is 2.29. The molecule has 82 valence electrons. The smallest absolute Gasteiger partial charge is 0.192 e. The van der Waals surface area contributed by atoms with E-state index >= 15 is 0 Å². The second-order valence-corrected chi connectivity index (χ2v) is 4.39. The Labute approximate surface area is 103 Å². The molecule has 1 aromatic heterocycles. The van der Waals surface area contributed by atoms with Crippen LogP contribution in [0.5, 0.6) is 0 Å². The predicted molar refractivity (Wildman–Crippen MR) is 68.1 cm³/mol. The fraction of sp³-hybridized carbons (Fsp3) is 0.0833. The highest BCUT2D eigenvalue weighted by molar-refractivity contribution is 6.55. The Hall–Kier alpha value is -1.25. The summed E-state index contributed by atoms with van der Waals surface area (Å²) in [6, 6.07) is 7.38. The highest BCUT2D eigenvalue weighted by Crippen LogP contribution is 2.10. The molecule has 0 atom stereocenters. The van der Waals surface area contributed by atoms with E-state index in [0.29, 0.717) is 17.4 Å². The van der Waals surface area contributed by atoms with Crippen molar-refractivity contribution in [1.82, 2.24) is 4.98 Å². The average Bonchev–Trinajstić information content (AvgIpc) is 2.28. The first-order valence-corrected chi connectivity index (χ1v) is 5.54. The SMILES string of the molecule is O=c1c(CC=C(Cl)Cl)c[nH]c2ccccc12. The van der Waals surface area contributed by atoms with Crippen molar-refractivity contribution in [2.45, 2.75) is 6.42 Å². The molecule has 2 nitrogen and oxygen atoms in total. The van der Waals surface area contributed by atoms with Gasteiger partial charge in [0.2, 0.25) is 0 Å². The first-order valence-electron chi connectivity index (χ1n) is 4.79. The second kappa shape index (κ2) is 4.73. The van der Waals surface area contributed by atoms with E-state index in [1.807, 2.05) is 18.2 Å². The zero-order chi connectivity index (χ0) is 11.5. The van der Waals surface area contributed by atoms with Gasteiger partial charge in [-0.25, -0.2) is 0 Å². The molecule has 0 aliphatic rings. The van der Waals surface area contributed by atoms with Gasteiger partial charge in [-0.1, -0.05) is 35.3 Å². The standard InChI is InChI=1S/C12H9Cl2NO/c13-11(14)6-5-8-7-15-10-4-2-1-3-9(10)12(8)16/h1-4,6-7H,5H2,(H,15,16). The van der Waals surface area contributed by atoms with E-state index < -0.39 is 0 Å². The number of allylic oxidation sites excluding steroid dienone is 1. The van der Waals surface area contributed by atoms with E-state index in [1.54, 1.807) is 18.3 Å². The van der Waals surface area contributed by atoms with Gasteiger partial charge in [-0.15, -0.1) is 0 Å². The summed E-state index contributed by atoms with van der Waals surface area (Å²) in [4.78, 5) is 15.1. The molecule has 1 aromatic carbocycles. The number of hydrogen-bond donors (Lipinski definition) is 1. The van der Waals surface area contributed by atoms with E-state index in [0.717, 1.165) is 5.52 Å². The third-order valence-corrected chi connectivity index (χ3v) is 2.65. The van der Waals surface area contributed by atoms with Gasteiger partial charge in [0, 0.05) is 22.7 Å². The van der Waals surface area contributed by atoms with Crippen molar-refractivity contribution in [3.63, 3.8) is 0 Å². The van der Waals surface area contributed by atoms with Gasteiger partial charge in [0.05, 0.1) is 0 Å². The first-order chi connectivity index (χ1) is 7.68. The van der Waals surface area contributed by atoms with Gasteiger partial charge in [0.15, 0.2) is 5.43 Å². The van der Waals surface area contributed by atoms with Crippen molar-refractivity contribution in [2.24, 2.45) is 0 Å². The Bertz CT molecular complexity index is 597. The van der Waals surface area contributed by atoms with Crippen molar-refractivity contribution in [3.05, 3.63) is 56.8 Å². The third-order valence-electron chi connectivity index (χ3n) is 2.34. The minimum Gasteiger partial charge on any atom is -0.361 e. The molecular weight excluding hydrogens is 245 g/mol. The lowest BCUT2D eigenvalue weighted by molar-refractivity contribution is 1.20. The summed E-state index contributed by atoms with van der Waals surface area (Å²) in [6.07, 6.45) is 3.73. The van der Waals surface area contributed by atoms with Crippen LogP contribution in [0.15, 0.2) is 45.8 Å². The zero-order valence-electron chi connectivity index (χ0n) is 8.34. The largest absolute Gasteiger partial charge is 0.361 e. The molecule has 2 aromatic rings. The molecule has 0 saturated heterocycles. The van der Waals surface area contributed by atoms with Crippen LogP contribution in [0.3, 0.4) is 0 Å². The van der Waals surface area contributed by atoms with Crippen LogP contribution >= 0.6 is 23.2 Å². The van der Waals surface area contributed by atoms with Crippen LogP contribution in [0, 0.1) is 0 Å². The number of pyridine rings is 1. The predicted octanol–water partition coefficient (Wildman–Crippen LogP) is 3.39. The van der Waals surface area contributed by atoms with E-state index in [4.69, 9.17) is 23.2 Å². The lowest BCUT2D eigenvalue weighted by Gasteiger charge is -2.00. The fourth-order valence-corrected chi connectivity index (χ4v) is 1.70. The van der Waals surface area contributed by atoms with E-state index in [2.05, 4.69) is 4.98 Å². The number of hydrogen-bond acceptors (Lipinski definition) is 1. The highest BCUT2D eigenvalue weighted by atomic mass is 35.5. The van der Waals surface area contributed by atoms with Crippen LogP contribution in [0.4, 0.5) is 0 Å². The minimum absolute atomic E-state index is 0.0141. The lowest BCUT2D eigenvalue weighted by Crippen LogP contribution is -2.09. The van der Waals surface area contributed by atoms with Gasteiger partial charge < -0.3 is 4.98 Å². The Morgan fingerprint density at radius 3 is 2.81 bits per heavy atom. The summed E-state index contributed by atoms with van der Waals surface area (Å²) in [6.45, 7) is 0. The Morgan fingerprint density at radius 2 is 2.06 bits per heavy atom. The fourth-order valence-electron chi connectivity index (χ4n) is 1.55. The van der Waals surface area contributed by atoms with Crippen molar-refractivity contribution < 1.29 is 0 Å². The molecule has 1 heterocycles. The molecule has 0 saturated carbocycles. The molecule has 0 spiro atoms. The molecule has 0 aliphatic carbocycles. The van der Waals surface area contributed by atoms with Crippen molar-refractivity contribution >= 4 is 34.1 Å². The molecule has 2 rings (SSSR count). The number of benzene rings is 1. The molecule has 0 radical (unpaired) electrons. The Kier molecular flexibility index (Phi) is 3.32. The summed E-state index contributed by atoms with van der Waals surface area (Å²) in [7, 11) is 0. The van der Waals surface area contributed by atoms with E-state index in [-0.39, 0.29) is 9.92 Å². The first kappa shape index (κ1) is 11.2. The Morgan fingerprint density at radius 1 is 1.31 bits per heavy atom. The zero-order valence-corrected chi connectivity index (χ0v) is 9.85. The maximum absolute atomic E-state index is 12.0. The van der Waals surface area contributed by atoms with E-state index in [1.165, 1.54) is 0 Å². The number of nitrogens with one attached hydrogen (secondary N) is 1. The molecule has 0 aliphatic heterocycles. The number of para-hydroxylation sites is 1. The second-order valence-electron chi connectivity index (χ2n) is 3.39. The molecule has 1 N–H and O–H groups in total. The van der Waals surface area contributed by atoms with E-state index in [9.17, 15) is 4.79 Å². The molecule has 0 bridgehead atoms. The summed E-state index contributed by atoms with van der Waals surface area (Å²) in [5.74, 6) is 0. The Balaban J connectivity index is 2.53. The molecule has 4 heteroatoms. The normalized spacial score (nSPS) is 10.4. The lowest BCUT2D eigenvalue weighted by atomic mass is 10.1. The van der Waals surface area contributed by atoms with Gasteiger partial charge in [-0.05, 0) is 24.6 Å². The summed E-state index contributed by atoms with van der Waals surface area (Å²) >= 11 is 11.0. The van der Waals surface area contributed by atoms with Gasteiger partial charge in [0.1, 0.15) is 4.49 Å². The van der Waals surface area contributed by atoms with Crippen LogP contribution in [0.2, 0.25) is 0 Å². The van der Waals surface area contributed by atoms with Crippen LogP contribution in [0.1, 0.15) is 5.56 Å². The molecule has 0 amide bonds. The average molecular weight is 254 g/mol. The number of aromatic amines is 1. The quantitative estimate of drug-likeness (QED) is 0.875. The van der Waals surface area contributed by atoms with Crippen LogP contribution in [-0.2, 0) is 6.42 Å². The maximum atomic E-state index is 12.0. The number of fused-ring (bicyclic) bond motifs is 1. The van der Waals surface area contributed by atoms with Crippen molar-refractivity contribution in [3.8, 4) is 0 Å². The highest BCUT2D eigenvalue weighted by Gasteiger charge is 2.03. The summed E-state index contributed by atoms with van der Waals surface area (Å²) in [5.41, 5.74) is 1.50. The van der Waals surface area contributed by atoms with Crippen molar-refractivity contribution in [2.75, 3.05) is 0 Å². The van der Waals surface area contributed by atoms with Gasteiger partial charge in [-0.3, -0.25) is 4.79 Å². The monoisotopic (exact) mass is 253 g/mol. The summed E-state index contributed by atoms with van der Waals surface area (Å²) in [5, 5.41) is 0.680. The minimum atomic E-state index is 0.0141. The summed E-state index contributed by atoms with van der Waals surface area (Å²) < 4.78 is 0.174. The van der Waals surface area contributed by atoms with Crippen LogP contribution in [-0.4, -0.2) is 4.98 Å². The molecule has 16 heavy (non-hydrogen) atoms. The van der Waals surface area contributed by atoms with Crippen LogP contribution < -0.4 is 5.43 Å². The number of aromatic nitrogens is 1. The van der Waals surface area contributed by atoms with Crippen LogP contribution in [0.25, 0.3) is 10.9 Å². The molecule has 0 fully saturated rings. The number of H-pyrrole nitrogens is 1. The molecule has 0 unspecified atom stereocenters. The van der Waals surface area contributed by atoms with Crippen molar-refractivity contribution in [1.29, 1.82) is 0 Å². The topological polar surface area (TPSA) is 32.9 Å². The van der Waals surface area contributed by atoms with Gasteiger partial charge >= 0.3 is 0 Å². The maximum Gasteiger partial charge on any atom is 0.192 e. The van der Waals surface area contributed by atoms with Gasteiger partial charge in [0.25, 0.3) is 0 Å².